The summed E-state index contributed by atoms with van der Waals surface area (Å²) in [5, 5.41) is 0. The first-order valence-corrected chi connectivity index (χ1v) is 13.1. The SMILES string of the molecule is COC(=O)[C@@]1(COCCCc2cccc(OCc3ccccc3)c2)CC[C@H](NS(C)(=O)=O)C1. The molecule has 0 unspecified atom stereocenters. The lowest BCUT2D eigenvalue weighted by molar-refractivity contribution is -0.156. The number of benzene rings is 2. The van der Waals surface area contributed by atoms with Crippen LogP contribution in [0.1, 0.15) is 36.8 Å². The third-order valence-electron chi connectivity index (χ3n) is 5.89. The van der Waals surface area contributed by atoms with Crippen molar-refractivity contribution in [3.05, 3.63) is 65.7 Å². The predicted octanol–water partition coefficient (Wildman–Crippen LogP) is 3.48. The summed E-state index contributed by atoms with van der Waals surface area (Å²) in [5.74, 6) is 0.487. The number of esters is 1. The average molecular weight is 476 g/mol. The van der Waals surface area contributed by atoms with Gasteiger partial charge in [-0.1, -0.05) is 42.5 Å². The van der Waals surface area contributed by atoms with Crippen LogP contribution in [0.3, 0.4) is 0 Å². The number of aryl methyl sites for hydroxylation is 1. The molecule has 0 saturated heterocycles. The van der Waals surface area contributed by atoms with Crippen molar-refractivity contribution in [3.8, 4) is 5.75 Å². The molecule has 0 heterocycles. The van der Waals surface area contributed by atoms with Gasteiger partial charge in [-0.2, -0.15) is 0 Å². The van der Waals surface area contributed by atoms with Gasteiger partial charge in [-0.15, -0.1) is 0 Å². The van der Waals surface area contributed by atoms with Gasteiger partial charge < -0.3 is 14.2 Å². The number of carbonyl (C=O) groups is 1. The van der Waals surface area contributed by atoms with Crippen molar-refractivity contribution >= 4 is 16.0 Å². The zero-order chi connectivity index (χ0) is 23.7. The molecule has 1 aliphatic carbocycles. The van der Waals surface area contributed by atoms with Crippen LogP contribution < -0.4 is 9.46 Å². The van der Waals surface area contributed by atoms with Crippen molar-refractivity contribution in [2.75, 3.05) is 26.6 Å². The summed E-state index contributed by atoms with van der Waals surface area (Å²) in [6.45, 7) is 1.25. The monoisotopic (exact) mass is 475 g/mol. The summed E-state index contributed by atoms with van der Waals surface area (Å²) in [5.41, 5.74) is 1.48. The molecule has 8 heteroatoms. The van der Waals surface area contributed by atoms with E-state index >= 15 is 0 Å². The number of hydrogen-bond acceptors (Lipinski definition) is 6. The van der Waals surface area contributed by atoms with Crippen LogP contribution in [0.15, 0.2) is 54.6 Å². The maximum absolute atomic E-state index is 12.4. The second kappa shape index (κ2) is 11.6. The lowest BCUT2D eigenvalue weighted by Gasteiger charge is -2.26. The molecular formula is C25H33NO6S. The Morgan fingerprint density at radius 1 is 1.12 bits per heavy atom. The van der Waals surface area contributed by atoms with E-state index in [1.807, 2.05) is 48.5 Å². The fourth-order valence-electron chi connectivity index (χ4n) is 4.30. The van der Waals surface area contributed by atoms with Gasteiger partial charge in [0.2, 0.25) is 10.0 Å². The van der Waals surface area contributed by atoms with Crippen molar-refractivity contribution in [2.24, 2.45) is 5.41 Å². The Morgan fingerprint density at radius 3 is 2.61 bits per heavy atom. The molecule has 1 fully saturated rings. The first-order chi connectivity index (χ1) is 15.8. The van der Waals surface area contributed by atoms with Crippen LogP contribution in [0.2, 0.25) is 0 Å². The minimum absolute atomic E-state index is 0.224. The van der Waals surface area contributed by atoms with E-state index in [4.69, 9.17) is 14.2 Å². The molecule has 1 aliphatic rings. The molecule has 7 nitrogen and oxygen atoms in total. The molecule has 180 valence electrons. The third-order valence-corrected chi connectivity index (χ3v) is 6.65. The van der Waals surface area contributed by atoms with E-state index in [0.717, 1.165) is 36.0 Å². The normalized spacial score (nSPS) is 20.5. The van der Waals surface area contributed by atoms with Crippen LogP contribution in [0.25, 0.3) is 0 Å². The zero-order valence-corrected chi connectivity index (χ0v) is 20.1. The molecule has 0 amide bonds. The summed E-state index contributed by atoms with van der Waals surface area (Å²) in [6.07, 6.45) is 4.25. The number of sulfonamides is 1. The highest BCUT2D eigenvalue weighted by Gasteiger charge is 2.47. The molecule has 2 atom stereocenters. The molecule has 2 aromatic rings. The molecule has 0 bridgehead atoms. The molecule has 0 aromatic heterocycles. The highest BCUT2D eigenvalue weighted by Crippen LogP contribution is 2.40. The van der Waals surface area contributed by atoms with Gasteiger partial charge in [0, 0.05) is 12.6 Å². The van der Waals surface area contributed by atoms with Gasteiger partial charge >= 0.3 is 5.97 Å². The molecule has 2 aromatic carbocycles. The first kappa shape index (κ1) is 25.2. The smallest absolute Gasteiger partial charge is 0.314 e. The van der Waals surface area contributed by atoms with Crippen LogP contribution in [0.5, 0.6) is 5.75 Å². The van der Waals surface area contributed by atoms with E-state index in [2.05, 4.69) is 10.8 Å². The van der Waals surface area contributed by atoms with Gasteiger partial charge in [0.25, 0.3) is 0 Å². The Kier molecular flexibility index (Phi) is 8.88. The highest BCUT2D eigenvalue weighted by molar-refractivity contribution is 7.88. The summed E-state index contributed by atoms with van der Waals surface area (Å²) in [4.78, 5) is 12.4. The third kappa shape index (κ3) is 7.84. The number of ether oxygens (including phenoxy) is 3. The van der Waals surface area contributed by atoms with Crippen molar-refractivity contribution < 1.29 is 27.4 Å². The van der Waals surface area contributed by atoms with Gasteiger partial charge in [-0.05, 0) is 55.4 Å². The topological polar surface area (TPSA) is 90.9 Å². The van der Waals surface area contributed by atoms with E-state index in [1.54, 1.807) is 0 Å². The molecule has 1 saturated carbocycles. The Balaban J connectivity index is 1.44. The van der Waals surface area contributed by atoms with Crippen LogP contribution >= 0.6 is 0 Å². The molecule has 0 spiro atoms. The van der Waals surface area contributed by atoms with E-state index in [1.165, 1.54) is 7.11 Å². The second-order valence-electron chi connectivity index (χ2n) is 8.68. The molecule has 0 radical (unpaired) electrons. The summed E-state index contributed by atoms with van der Waals surface area (Å²) < 4.78 is 42.4. The van der Waals surface area contributed by atoms with Crippen molar-refractivity contribution in [1.29, 1.82) is 0 Å². The molecule has 1 N–H and O–H groups in total. The molecule has 3 rings (SSSR count). The van der Waals surface area contributed by atoms with Crippen LogP contribution in [0.4, 0.5) is 0 Å². The Morgan fingerprint density at radius 2 is 1.88 bits per heavy atom. The number of hydrogen-bond donors (Lipinski definition) is 1. The van der Waals surface area contributed by atoms with E-state index < -0.39 is 15.4 Å². The quantitative estimate of drug-likeness (QED) is 0.373. The lowest BCUT2D eigenvalue weighted by atomic mass is 9.87. The fraction of sp³-hybridized carbons (Fsp3) is 0.480. The predicted molar refractivity (Wildman–Crippen MR) is 126 cm³/mol. The Bertz CT molecular complexity index is 1010. The van der Waals surface area contributed by atoms with Crippen molar-refractivity contribution in [2.45, 2.75) is 44.8 Å². The van der Waals surface area contributed by atoms with Crippen LogP contribution in [-0.4, -0.2) is 47.0 Å². The zero-order valence-electron chi connectivity index (χ0n) is 19.3. The van der Waals surface area contributed by atoms with Gasteiger partial charge in [-0.25, -0.2) is 13.1 Å². The number of methoxy groups -OCH3 is 1. The lowest BCUT2D eigenvalue weighted by Crippen LogP contribution is -2.38. The van der Waals surface area contributed by atoms with Gasteiger partial charge in [0.05, 0.1) is 25.4 Å². The minimum atomic E-state index is -3.33. The van der Waals surface area contributed by atoms with Gasteiger partial charge in [-0.3, -0.25) is 4.79 Å². The molecule has 33 heavy (non-hydrogen) atoms. The highest BCUT2D eigenvalue weighted by atomic mass is 32.2. The van der Waals surface area contributed by atoms with E-state index in [-0.39, 0.29) is 18.6 Å². The number of nitrogens with one attached hydrogen (secondary N) is 1. The average Bonchev–Trinajstić information content (AvgIpc) is 3.20. The summed E-state index contributed by atoms with van der Waals surface area (Å²) in [7, 11) is -1.97. The summed E-state index contributed by atoms with van der Waals surface area (Å²) in [6, 6.07) is 17.8. The van der Waals surface area contributed by atoms with E-state index in [9.17, 15) is 13.2 Å². The van der Waals surface area contributed by atoms with Gasteiger partial charge in [0.15, 0.2) is 0 Å². The minimum Gasteiger partial charge on any atom is -0.489 e. The number of rotatable bonds is 12. The first-order valence-electron chi connectivity index (χ1n) is 11.2. The largest absolute Gasteiger partial charge is 0.489 e. The Labute approximate surface area is 196 Å². The maximum Gasteiger partial charge on any atom is 0.314 e. The number of carbonyl (C=O) groups excluding carboxylic acids is 1. The Hall–Kier alpha value is -2.42. The molecular weight excluding hydrogens is 442 g/mol. The fourth-order valence-corrected chi connectivity index (χ4v) is 5.11. The van der Waals surface area contributed by atoms with Crippen molar-refractivity contribution in [1.82, 2.24) is 4.72 Å². The second-order valence-corrected chi connectivity index (χ2v) is 10.5. The molecule has 0 aliphatic heterocycles. The summed E-state index contributed by atoms with van der Waals surface area (Å²) >= 11 is 0. The maximum atomic E-state index is 12.4. The van der Waals surface area contributed by atoms with E-state index in [0.29, 0.717) is 32.5 Å². The standard InChI is InChI=1S/C25H33NO6S/c1-30-24(27)25(14-13-22(17-25)26-33(2,28)29)19-31-15-7-11-20-10-6-12-23(16-20)32-18-21-8-4-3-5-9-21/h3-6,8-10,12,16,22,26H,7,11,13-15,17-19H2,1-2H3/t22-,25-/m0/s1. The van der Waals surface area contributed by atoms with Crippen LogP contribution in [0, 0.1) is 5.41 Å². The van der Waals surface area contributed by atoms with Crippen molar-refractivity contribution in [3.63, 3.8) is 0 Å². The van der Waals surface area contributed by atoms with Gasteiger partial charge in [0.1, 0.15) is 12.4 Å². The van der Waals surface area contributed by atoms with Crippen LogP contribution in [-0.2, 0) is 37.3 Å².